The van der Waals surface area contributed by atoms with Gasteiger partial charge in [0.1, 0.15) is 27.4 Å². The number of methoxy groups -OCH3 is 2. The minimum atomic E-state index is -0.0156. The van der Waals surface area contributed by atoms with Gasteiger partial charge in [-0.05, 0) is 60.2 Å². The third-order valence-electron chi connectivity index (χ3n) is 7.75. The van der Waals surface area contributed by atoms with E-state index < -0.39 is 0 Å². The number of carbonyl (C=O) groups is 1. The Balaban J connectivity index is 1.26. The predicted octanol–water partition coefficient (Wildman–Crippen LogP) is 4.38. The molecule has 34 heavy (non-hydrogen) atoms. The number of fused-ring (bicyclic) bond motifs is 2. The number of carbonyl (C=O) groups excluding carboxylic acids is 1. The van der Waals surface area contributed by atoms with Gasteiger partial charge < -0.3 is 19.7 Å². The van der Waals surface area contributed by atoms with Gasteiger partial charge in [0.2, 0.25) is 5.91 Å². The van der Waals surface area contributed by atoms with Crippen molar-refractivity contribution in [3.05, 3.63) is 46.6 Å². The number of hydrogen-bond donors (Lipinski definition) is 1. The largest absolute Gasteiger partial charge is 0.497 e. The molecule has 1 spiro atoms. The predicted molar refractivity (Wildman–Crippen MR) is 131 cm³/mol. The van der Waals surface area contributed by atoms with Crippen LogP contribution in [0.3, 0.4) is 0 Å². The fourth-order valence-electron chi connectivity index (χ4n) is 5.72. The van der Waals surface area contributed by atoms with Crippen LogP contribution in [0.15, 0.2) is 35.2 Å². The van der Waals surface area contributed by atoms with Gasteiger partial charge in [0.05, 0.1) is 19.6 Å². The number of benzene rings is 1. The summed E-state index contributed by atoms with van der Waals surface area (Å²) in [6, 6.07) is 6.20. The minimum absolute atomic E-state index is 0.0156. The van der Waals surface area contributed by atoms with Crippen molar-refractivity contribution in [3.8, 4) is 11.5 Å². The van der Waals surface area contributed by atoms with Gasteiger partial charge in [0.25, 0.3) is 0 Å². The Morgan fingerprint density at radius 2 is 2.09 bits per heavy atom. The molecule has 178 valence electrons. The summed E-state index contributed by atoms with van der Waals surface area (Å²) in [7, 11) is 3.30. The highest BCUT2D eigenvalue weighted by molar-refractivity contribution is 9.10. The number of rotatable bonds is 6. The molecule has 2 saturated heterocycles. The number of imidazole rings is 1. The fourth-order valence-corrected chi connectivity index (χ4v) is 6.29. The van der Waals surface area contributed by atoms with Gasteiger partial charge in [0, 0.05) is 49.1 Å². The van der Waals surface area contributed by atoms with Crippen molar-refractivity contribution < 1.29 is 14.3 Å². The van der Waals surface area contributed by atoms with E-state index in [1.807, 2.05) is 24.4 Å². The lowest BCUT2D eigenvalue weighted by Crippen LogP contribution is -2.41. The molecule has 2 aromatic heterocycles. The van der Waals surface area contributed by atoms with E-state index in [1.54, 1.807) is 20.4 Å². The zero-order valence-corrected chi connectivity index (χ0v) is 21.0. The van der Waals surface area contributed by atoms with Crippen LogP contribution < -0.4 is 14.8 Å². The molecular formula is C25H28BrN5O3. The summed E-state index contributed by atoms with van der Waals surface area (Å²) in [6.07, 6.45) is 9.05. The van der Waals surface area contributed by atoms with Crippen LogP contribution in [0, 0.1) is 5.41 Å². The van der Waals surface area contributed by atoms with E-state index >= 15 is 0 Å². The van der Waals surface area contributed by atoms with Crippen molar-refractivity contribution in [3.63, 3.8) is 0 Å². The van der Waals surface area contributed by atoms with Gasteiger partial charge in [-0.3, -0.25) is 9.20 Å². The van der Waals surface area contributed by atoms with Crippen LogP contribution in [0.4, 0.5) is 5.82 Å². The zero-order valence-electron chi connectivity index (χ0n) is 19.4. The van der Waals surface area contributed by atoms with Gasteiger partial charge >= 0.3 is 0 Å². The van der Waals surface area contributed by atoms with E-state index in [9.17, 15) is 4.79 Å². The molecule has 9 heteroatoms. The van der Waals surface area contributed by atoms with Gasteiger partial charge in [-0.2, -0.15) is 0 Å². The molecule has 8 nitrogen and oxygen atoms in total. The van der Waals surface area contributed by atoms with Crippen LogP contribution in [0.2, 0.25) is 0 Å². The number of ether oxygens (including phenoxy) is 2. The van der Waals surface area contributed by atoms with Gasteiger partial charge in [0.15, 0.2) is 5.82 Å². The maximum atomic E-state index is 13.0. The van der Waals surface area contributed by atoms with Crippen LogP contribution in [0.5, 0.6) is 11.5 Å². The Labute approximate surface area is 206 Å². The Hall–Kier alpha value is -2.81. The second-order valence-electron chi connectivity index (χ2n) is 9.66. The molecule has 2 aliphatic heterocycles. The van der Waals surface area contributed by atoms with Gasteiger partial charge in [-0.1, -0.05) is 0 Å². The first-order valence-corrected chi connectivity index (χ1v) is 12.6. The first-order valence-electron chi connectivity index (χ1n) is 11.8. The topological polar surface area (TPSA) is 81.0 Å². The Morgan fingerprint density at radius 1 is 1.24 bits per heavy atom. The molecule has 4 heterocycles. The van der Waals surface area contributed by atoms with Crippen molar-refractivity contribution in [2.45, 2.75) is 50.6 Å². The standard InChI is InChI=1S/C25H28BrN5O3/c1-33-18-6-4-15(19(11-18)34-2)13-28-22-20-21(26)29-23(30(20)10-9-27-22)16-3-5-17-12-25(7-8-25)24(32)31(17)14-16/h4,6,9-11,16-17H,3,5,7-8,12-14H2,1-2H3,(H,27,28)/t16?,17-/m0/s1. The monoisotopic (exact) mass is 525 g/mol. The third kappa shape index (κ3) is 3.43. The molecule has 3 aliphatic rings. The zero-order chi connectivity index (χ0) is 23.4. The Morgan fingerprint density at radius 3 is 2.85 bits per heavy atom. The highest BCUT2D eigenvalue weighted by atomic mass is 79.9. The van der Waals surface area contributed by atoms with Crippen LogP contribution >= 0.6 is 15.9 Å². The normalized spacial score (nSPS) is 22.8. The molecule has 2 atom stereocenters. The maximum absolute atomic E-state index is 13.0. The van der Waals surface area contributed by atoms with Gasteiger partial charge in [-0.25, -0.2) is 9.97 Å². The van der Waals surface area contributed by atoms with E-state index in [2.05, 4.69) is 35.5 Å². The van der Waals surface area contributed by atoms with Crippen molar-refractivity contribution in [2.24, 2.45) is 5.41 Å². The smallest absolute Gasteiger partial charge is 0.229 e. The quantitative estimate of drug-likeness (QED) is 0.514. The van der Waals surface area contributed by atoms with E-state index in [4.69, 9.17) is 14.5 Å². The Bertz CT molecular complexity index is 1270. The molecule has 0 radical (unpaired) electrons. The third-order valence-corrected chi connectivity index (χ3v) is 8.30. The molecular weight excluding hydrogens is 498 g/mol. The number of amides is 1. The fraction of sp³-hybridized carbons (Fsp3) is 0.480. The molecule has 1 N–H and O–H groups in total. The number of aromatic nitrogens is 3. The lowest BCUT2D eigenvalue weighted by atomic mass is 9.91. The average Bonchev–Trinajstić information content (AvgIpc) is 3.50. The first-order chi connectivity index (χ1) is 16.5. The molecule has 0 bridgehead atoms. The van der Waals surface area contributed by atoms with Crippen molar-refractivity contribution >= 4 is 33.2 Å². The summed E-state index contributed by atoms with van der Waals surface area (Å²) in [4.78, 5) is 24.6. The van der Waals surface area contributed by atoms with Crippen LogP contribution in [0.25, 0.3) is 5.52 Å². The summed E-state index contributed by atoms with van der Waals surface area (Å²) < 4.78 is 13.7. The molecule has 1 amide bonds. The molecule has 3 aromatic rings. The van der Waals surface area contributed by atoms with Crippen LogP contribution in [-0.2, 0) is 11.3 Å². The summed E-state index contributed by atoms with van der Waals surface area (Å²) in [5, 5.41) is 3.45. The first kappa shape index (κ1) is 21.7. The number of nitrogens with one attached hydrogen (secondary N) is 1. The number of anilines is 1. The second kappa shape index (κ2) is 8.15. The van der Waals surface area contributed by atoms with E-state index in [0.29, 0.717) is 18.5 Å². The molecule has 6 rings (SSSR count). The second-order valence-corrected chi connectivity index (χ2v) is 10.4. The SMILES string of the molecule is COc1ccc(CNc2nccn3c(C4CC[C@H]5CC6(CC6)C(=O)N5C4)nc(Br)c23)c(OC)c1. The molecule has 1 aromatic carbocycles. The van der Waals surface area contributed by atoms with E-state index in [0.717, 1.165) is 77.5 Å². The van der Waals surface area contributed by atoms with Crippen LogP contribution in [0.1, 0.15) is 49.4 Å². The molecule has 1 aliphatic carbocycles. The average molecular weight is 526 g/mol. The maximum Gasteiger partial charge on any atom is 0.229 e. The minimum Gasteiger partial charge on any atom is -0.497 e. The van der Waals surface area contributed by atoms with Crippen molar-refractivity contribution in [2.75, 3.05) is 26.1 Å². The Kier molecular flexibility index (Phi) is 5.20. The highest BCUT2D eigenvalue weighted by Crippen LogP contribution is 2.57. The number of nitrogens with zero attached hydrogens (tertiary/aromatic N) is 4. The molecule has 1 unspecified atom stereocenters. The number of halogens is 1. The van der Waals surface area contributed by atoms with E-state index in [1.165, 1.54) is 0 Å². The van der Waals surface area contributed by atoms with Gasteiger partial charge in [-0.15, -0.1) is 0 Å². The summed E-state index contributed by atoms with van der Waals surface area (Å²) in [5.74, 6) is 3.82. The molecule has 1 saturated carbocycles. The number of hydrogen-bond acceptors (Lipinski definition) is 6. The summed E-state index contributed by atoms with van der Waals surface area (Å²) >= 11 is 3.67. The molecule has 3 fully saturated rings. The highest BCUT2D eigenvalue weighted by Gasteiger charge is 2.60. The summed E-state index contributed by atoms with van der Waals surface area (Å²) in [6.45, 7) is 1.30. The summed E-state index contributed by atoms with van der Waals surface area (Å²) in [5.41, 5.74) is 1.89. The van der Waals surface area contributed by atoms with E-state index in [-0.39, 0.29) is 11.3 Å². The van der Waals surface area contributed by atoms with Crippen molar-refractivity contribution in [1.29, 1.82) is 0 Å². The lowest BCUT2D eigenvalue weighted by molar-refractivity contribution is -0.134. The van der Waals surface area contributed by atoms with Crippen LogP contribution in [-0.4, -0.2) is 52.0 Å². The lowest BCUT2D eigenvalue weighted by Gasteiger charge is -2.34. The van der Waals surface area contributed by atoms with Crippen molar-refractivity contribution in [1.82, 2.24) is 19.3 Å². The number of piperidine rings is 1.